The van der Waals surface area contributed by atoms with E-state index in [-0.39, 0.29) is 11.2 Å². The molecule has 2 nitrogen and oxygen atoms in total. The van der Waals surface area contributed by atoms with Crippen LogP contribution in [0.5, 0.6) is 0 Å². The number of aliphatic imine (C=N–C) groups is 1. The van der Waals surface area contributed by atoms with Crippen LogP contribution >= 0.6 is 0 Å². The highest BCUT2D eigenvalue weighted by atomic mass is 16.1. The van der Waals surface area contributed by atoms with Gasteiger partial charge in [0.2, 0.25) is 0 Å². The molecule has 1 heterocycles. The van der Waals surface area contributed by atoms with E-state index in [4.69, 9.17) is 0 Å². The van der Waals surface area contributed by atoms with Crippen LogP contribution in [0.3, 0.4) is 0 Å². The van der Waals surface area contributed by atoms with Crippen molar-refractivity contribution in [3.63, 3.8) is 0 Å². The number of carbonyl (C=O) groups is 1. The maximum Gasteiger partial charge on any atom is 0.199 e. The highest BCUT2D eigenvalue weighted by Gasteiger charge is 2.31. The Hall–Kier alpha value is -0.920. The third kappa shape index (κ3) is 4.10. The van der Waals surface area contributed by atoms with Crippen molar-refractivity contribution in [2.75, 3.05) is 6.54 Å². The van der Waals surface area contributed by atoms with Crippen molar-refractivity contribution < 1.29 is 4.79 Å². The maximum atomic E-state index is 12.1. The van der Waals surface area contributed by atoms with Crippen LogP contribution in [0.4, 0.5) is 0 Å². The molecule has 1 atom stereocenters. The van der Waals surface area contributed by atoms with Crippen LogP contribution in [0.15, 0.2) is 16.6 Å². The van der Waals surface area contributed by atoms with Crippen molar-refractivity contribution in [2.45, 2.75) is 47.5 Å². The first-order chi connectivity index (χ1) is 7.82. The minimum absolute atomic E-state index is 0.114. The number of allylic oxidation sites excluding steroid dienone is 1. The Balaban J connectivity index is 3.00. The van der Waals surface area contributed by atoms with Gasteiger partial charge in [0, 0.05) is 12.1 Å². The summed E-state index contributed by atoms with van der Waals surface area (Å²) in [5.74, 6) is 1.05. The minimum atomic E-state index is 0.114. The van der Waals surface area contributed by atoms with Crippen LogP contribution in [-0.4, -0.2) is 18.5 Å². The third-order valence-electron chi connectivity index (χ3n) is 3.24. The van der Waals surface area contributed by atoms with Gasteiger partial charge in [0.05, 0.1) is 6.21 Å². The molecule has 1 aliphatic heterocycles. The van der Waals surface area contributed by atoms with Crippen LogP contribution in [0.25, 0.3) is 0 Å². The molecule has 0 N–H and O–H groups in total. The predicted molar refractivity (Wildman–Crippen MR) is 73.5 cm³/mol. The summed E-state index contributed by atoms with van der Waals surface area (Å²) in [6, 6.07) is 0. The molecule has 0 aliphatic carbocycles. The molecule has 1 unspecified atom stereocenters. The predicted octanol–water partition coefficient (Wildman–Crippen LogP) is 3.66. The van der Waals surface area contributed by atoms with Crippen molar-refractivity contribution in [1.82, 2.24) is 0 Å². The quantitative estimate of drug-likeness (QED) is 0.734. The fourth-order valence-electron chi connectivity index (χ4n) is 2.35. The number of carbonyl (C=O) groups excluding carboxylic acids is 1. The van der Waals surface area contributed by atoms with E-state index >= 15 is 0 Å². The van der Waals surface area contributed by atoms with E-state index in [0.717, 1.165) is 25.0 Å². The van der Waals surface area contributed by atoms with Gasteiger partial charge in [-0.15, -0.1) is 0 Å². The van der Waals surface area contributed by atoms with E-state index in [2.05, 4.69) is 45.7 Å². The Kier molecular flexibility index (Phi) is 4.67. The number of nitrogens with zero attached hydrogens (tertiary/aromatic N) is 1. The summed E-state index contributed by atoms with van der Waals surface area (Å²) in [7, 11) is 0. The van der Waals surface area contributed by atoms with Gasteiger partial charge < -0.3 is 0 Å². The van der Waals surface area contributed by atoms with Gasteiger partial charge in [-0.2, -0.15) is 0 Å². The Labute approximate surface area is 105 Å². The standard InChI is InChI=1S/C15H25NO/c1-11(2)9-13(15(3,4)5)12-7-6-8-16-10-14(12)17/h7,10-11,13H,6,8-9H2,1-5H3. The first kappa shape index (κ1) is 14.1. The number of rotatable bonds is 3. The molecule has 0 bridgehead atoms. The lowest BCUT2D eigenvalue weighted by atomic mass is 9.71. The topological polar surface area (TPSA) is 29.4 Å². The normalized spacial score (nSPS) is 19.2. The van der Waals surface area contributed by atoms with E-state index < -0.39 is 0 Å². The minimum Gasteiger partial charge on any atom is -0.289 e. The Morgan fingerprint density at radius 3 is 2.53 bits per heavy atom. The van der Waals surface area contributed by atoms with Crippen molar-refractivity contribution in [1.29, 1.82) is 0 Å². The van der Waals surface area contributed by atoms with Gasteiger partial charge in [-0.25, -0.2) is 0 Å². The molecule has 0 amide bonds. The van der Waals surface area contributed by atoms with Crippen LogP contribution in [0.2, 0.25) is 0 Å². The summed E-state index contributed by atoms with van der Waals surface area (Å²) >= 11 is 0. The zero-order chi connectivity index (χ0) is 13.1. The van der Waals surface area contributed by atoms with Gasteiger partial charge in [0.25, 0.3) is 0 Å². The van der Waals surface area contributed by atoms with Gasteiger partial charge in [0.1, 0.15) is 0 Å². The maximum absolute atomic E-state index is 12.1. The van der Waals surface area contributed by atoms with Gasteiger partial charge in [0.15, 0.2) is 5.78 Å². The van der Waals surface area contributed by atoms with Crippen molar-refractivity contribution >= 4 is 12.0 Å². The molecular weight excluding hydrogens is 210 g/mol. The molecule has 0 aromatic heterocycles. The number of hydrogen-bond acceptors (Lipinski definition) is 2. The lowest BCUT2D eigenvalue weighted by Crippen LogP contribution is -2.28. The number of ketones is 1. The summed E-state index contributed by atoms with van der Waals surface area (Å²) in [6.45, 7) is 11.8. The summed E-state index contributed by atoms with van der Waals surface area (Å²) in [4.78, 5) is 16.2. The first-order valence-corrected chi connectivity index (χ1v) is 6.56. The highest BCUT2D eigenvalue weighted by Crippen LogP contribution is 2.37. The van der Waals surface area contributed by atoms with E-state index in [1.54, 1.807) is 0 Å². The van der Waals surface area contributed by atoms with Crippen LogP contribution < -0.4 is 0 Å². The molecule has 0 aromatic rings. The second kappa shape index (κ2) is 5.61. The molecule has 0 spiro atoms. The van der Waals surface area contributed by atoms with Crippen LogP contribution in [-0.2, 0) is 4.79 Å². The molecule has 1 aliphatic rings. The molecule has 0 fully saturated rings. The van der Waals surface area contributed by atoms with Crippen molar-refractivity contribution in [3.05, 3.63) is 11.6 Å². The molecule has 2 heteroatoms. The molecular formula is C15H25NO. The molecule has 0 saturated carbocycles. The average Bonchev–Trinajstić information content (AvgIpc) is 2.37. The molecule has 1 rings (SSSR count). The fraction of sp³-hybridized carbons (Fsp3) is 0.733. The summed E-state index contributed by atoms with van der Waals surface area (Å²) < 4.78 is 0. The average molecular weight is 235 g/mol. The molecule has 0 radical (unpaired) electrons. The fourth-order valence-corrected chi connectivity index (χ4v) is 2.35. The summed E-state index contributed by atoms with van der Waals surface area (Å²) in [6.07, 6.45) is 5.57. The summed E-state index contributed by atoms with van der Waals surface area (Å²) in [5, 5.41) is 0. The molecule has 96 valence electrons. The van der Waals surface area contributed by atoms with E-state index in [0.29, 0.717) is 11.8 Å². The highest BCUT2D eigenvalue weighted by molar-refractivity contribution is 6.35. The van der Waals surface area contributed by atoms with Gasteiger partial charge >= 0.3 is 0 Å². The zero-order valence-corrected chi connectivity index (χ0v) is 11.8. The number of Topliss-reactive ketones (excluding diaryl/α,β-unsaturated/α-hetero) is 1. The second-order valence-corrected chi connectivity index (χ2v) is 6.40. The van der Waals surface area contributed by atoms with Crippen LogP contribution in [0, 0.1) is 17.3 Å². The van der Waals surface area contributed by atoms with Crippen LogP contribution in [0.1, 0.15) is 47.5 Å². The van der Waals surface area contributed by atoms with E-state index in [1.807, 2.05) is 0 Å². The lowest BCUT2D eigenvalue weighted by molar-refractivity contribution is -0.110. The Morgan fingerprint density at radius 1 is 1.35 bits per heavy atom. The van der Waals surface area contributed by atoms with Crippen molar-refractivity contribution in [3.8, 4) is 0 Å². The van der Waals surface area contributed by atoms with E-state index in [1.165, 1.54) is 6.21 Å². The Morgan fingerprint density at radius 2 is 2.00 bits per heavy atom. The van der Waals surface area contributed by atoms with Crippen molar-refractivity contribution in [2.24, 2.45) is 22.2 Å². The van der Waals surface area contributed by atoms with Gasteiger partial charge in [-0.05, 0) is 30.1 Å². The number of hydrogen-bond donors (Lipinski definition) is 0. The summed E-state index contributed by atoms with van der Waals surface area (Å²) in [5.41, 5.74) is 1.11. The smallest absolute Gasteiger partial charge is 0.199 e. The Bertz CT molecular complexity index is 331. The second-order valence-electron chi connectivity index (χ2n) is 6.40. The first-order valence-electron chi connectivity index (χ1n) is 6.56. The van der Waals surface area contributed by atoms with Gasteiger partial charge in [-0.1, -0.05) is 40.7 Å². The monoisotopic (exact) mass is 235 g/mol. The molecule has 0 saturated heterocycles. The lowest BCUT2D eigenvalue weighted by Gasteiger charge is -2.33. The van der Waals surface area contributed by atoms with Gasteiger partial charge in [-0.3, -0.25) is 9.79 Å². The SMILES string of the molecule is CC(C)CC(C1=CCCN=CC1=O)C(C)(C)C. The largest absolute Gasteiger partial charge is 0.289 e. The van der Waals surface area contributed by atoms with E-state index in [9.17, 15) is 4.79 Å². The molecule has 0 aromatic carbocycles. The molecule has 17 heavy (non-hydrogen) atoms. The third-order valence-corrected chi connectivity index (χ3v) is 3.24. The zero-order valence-electron chi connectivity index (χ0n) is 11.8.